The molecule has 1 spiro atoms. The van der Waals surface area contributed by atoms with Crippen molar-refractivity contribution < 1.29 is 28.9 Å². The third kappa shape index (κ3) is 2.25. The van der Waals surface area contributed by atoms with E-state index in [1.165, 1.54) is 23.1 Å². The number of primary amides is 1. The number of likely N-dealkylation sites (tertiary alicyclic amines) is 1. The number of nitrogens with zero attached hydrogens (tertiary/aromatic N) is 1. The first-order chi connectivity index (χ1) is 13.2. The molecule has 5 N–H and O–H groups in total. The van der Waals surface area contributed by atoms with Gasteiger partial charge in [-0.25, -0.2) is 4.39 Å². The minimum atomic E-state index is -1.49. The third-order valence-corrected chi connectivity index (χ3v) is 6.33. The Hall–Kier alpha value is -2.81. The van der Waals surface area contributed by atoms with Gasteiger partial charge in [0.2, 0.25) is 23.3 Å². The van der Waals surface area contributed by atoms with Gasteiger partial charge in [-0.15, -0.1) is 0 Å². The Labute approximate surface area is 160 Å². The van der Waals surface area contributed by atoms with E-state index in [2.05, 4.69) is 5.32 Å². The van der Waals surface area contributed by atoms with Crippen LogP contribution in [0, 0.1) is 17.7 Å². The zero-order chi connectivity index (χ0) is 20.4. The minimum Gasteiger partial charge on any atom is -0.369 e. The normalized spacial score (nSPS) is 31.9. The molecule has 3 aliphatic rings. The predicted octanol–water partition coefficient (Wildman–Crippen LogP) is -0.806. The maximum Gasteiger partial charge on any atom is 0.291 e. The molecule has 3 heterocycles. The van der Waals surface area contributed by atoms with E-state index >= 15 is 0 Å². The fourth-order valence-electron chi connectivity index (χ4n) is 4.99. The Kier molecular flexibility index (Phi) is 4.04. The van der Waals surface area contributed by atoms with Crippen molar-refractivity contribution >= 4 is 29.3 Å². The Bertz CT molecular complexity index is 919. The molecule has 2 fully saturated rings. The largest absolute Gasteiger partial charge is 0.369 e. The highest BCUT2D eigenvalue weighted by molar-refractivity contribution is 6.14. The van der Waals surface area contributed by atoms with E-state index in [9.17, 15) is 23.6 Å². The molecule has 0 saturated carbocycles. The quantitative estimate of drug-likeness (QED) is 0.583. The van der Waals surface area contributed by atoms with Gasteiger partial charge >= 0.3 is 0 Å². The molecular weight excluding hydrogens is 367 g/mol. The summed E-state index contributed by atoms with van der Waals surface area (Å²) in [6.07, 6.45) is 0.403. The second-order valence-corrected chi connectivity index (χ2v) is 7.82. The molecule has 148 valence electrons. The Morgan fingerprint density at radius 1 is 1.36 bits per heavy atom. The summed E-state index contributed by atoms with van der Waals surface area (Å²) in [4.78, 5) is 52.4. The predicted molar refractivity (Wildman–Crippen MR) is 94.8 cm³/mol. The average Bonchev–Trinajstić information content (AvgIpc) is 3.20. The number of rotatable bonds is 4. The van der Waals surface area contributed by atoms with Crippen LogP contribution in [0.4, 0.5) is 10.1 Å². The second-order valence-electron chi connectivity index (χ2n) is 7.82. The molecule has 4 rings (SSSR count). The maximum absolute atomic E-state index is 14.0. The minimum absolute atomic E-state index is 0.159. The smallest absolute Gasteiger partial charge is 0.291 e. The number of hydrogen-bond acceptors (Lipinski definition) is 4. The third-order valence-electron chi connectivity index (χ3n) is 6.33. The van der Waals surface area contributed by atoms with E-state index in [0.717, 1.165) is 0 Å². The summed E-state index contributed by atoms with van der Waals surface area (Å²) < 4.78 is 14.0. The average molecular weight is 389 g/mol. The van der Waals surface area contributed by atoms with Crippen LogP contribution >= 0.6 is 0 Å². The summed E-state index contributed by atoms with van der Waals surface area (Å²) in [5, 5.41) is 4.27. The molecule has 3 aliphatic heterocycles. The number of hydrogen-bond donors (Lipinski definition) is 3. The summed E-state index contributed by atoms with van der Waals surface area (Å²) in [6, 6.07) is 2.87. The number of imide groups is 1. The molecule has 5 atom stereocenters. The number of nitrogens with one attached hydrogen (secondary N) is 1. The summed E-state index contributed by atoms with van der Waals surface area (Å²) >= 11 is 0. The van der Waals surface area contributed by atoms with Crippen molar-refractivity contribution in [2.45, 2.75) is 44.3 Å². The molecule has 2 saturated heterocycles. The van der Waals surface area contributed by atoms with Crippen LogP contribution in [0.5, 0.6) is 0 Å². The van der Waals surface area contributed by atoms with Crippen molar-refractivity contribution in [1.29, 1.82) is 0 Å². The molecule has 1 aromatic carbocycles. The number of quaternary nitrogens is 1. The van der Waals surface area contributed by atoms with E-state index in [-0.39, 0.29) is 12.5 Å². The highest BCUT2D eigenvalue weighted by atomic mass is 19.1. The first kappa shape index (κ1) is 18.5. The molecule has 0 radical (unpaired) electrons. The van der Waals surface area contributed by atoms with Gasteiger partial charge in [-0.2, -0.15) is 0 Å². The van der Waals surface area contributed by atoms with E-state index in [4.69, 9.17) is 5.73 Å². The lowest BCUT2D eigenvalue weighted by Crippen LogP contribution is -2.99. The highest BCUT2D eigenvalue weighted by Crippen LogP contribution is 2.49. The first-order valence-electron chi connectivity index (χ1n) is 9.35. The lowest BCUT2D eigenvalue weighted by Gasteiger charge is -2.28. The lowest BCUT2D eigenvalue weighted by molar-refractivity contribution is -0.732. The maximum atomic E-state index is 14.0. The van der Waals surface area contributed by atoms with Crippen molar-refractivity contribution in [3.8, 4) is 0 Å². The standard InChI is InChI=1S/C19H21FN4O4/c1-3-8(2)24-16(26)14-12(7-13(21)25)23-19(15(14)17(24)27)10-6-9(20)4-5-11(10)22-18(19)28/h4-6,8,12,14-15,23H,3,7H2,1-2H3,(H2,21,25)(H,22,28)/p+1/t8-,12+,14+,15-,19+/m0/s1. The molecule has 4 amide bonds. The van der Waals surface area contributed by atoms with E-state index in [0.29, 0.717) is 17.7 Å². The van der Waals surface area contributed by atoms with Crippen molar-refractivity contribution in [3.05, 3.63) is 29.6 Å². The Morgan fingerprint density at radius 2 is 2.07 bits per heavy atom. The van der Waals surface area contributed by atoms with Gasteiger partial charge in [-0.05, 0) is 31.5 Å². The fourth-order valence-corrected chi connectivity index (χ4v) is 4.99. The molecule has 1 aromatic rings. The number of carbonyl (C=O) groups excluding carboxylic acids is 4. The molecule has 0 aromatic heterocycles. The zero-order valence-corrected chi connectivity index (χ0v) is 15.6. The summed E-state index contributed by atoms with van der Waals surface area (Å²) in [6.45, 7) is 3.62. The molecule has 9 heteroatoms. The molecule has 8 nitrogen and oxygen atoms in total. The summed E-state index contributed by atoms with van der Waals surface area (Å²) in [7, 11) is 0. The van der Waals surface area contributed by atoms with Crippen LogP contribution in [0.25, 0.3) is 0 Å². The van der Waals surface area contributed by atoms with Crippen LogP contribution < -0.4 is 16.4 Å². The molecule has 0 unspecified atom stereocenters. The van der Waals surface area contributed by atoms with Gasteiger partial charge in [-0.1, -0.05) is 6.92 Å². The number of fused-ring (bicyclic) bond motifs is 4. The van der Waals surface area contributed by atoms with E-state index < -0.39 is 52.9 Å². The zero-order valence-electron chi connectivity index (χ0n) is 15.6. The first-order valence-corrected chi connectivity index (χ1v) is 9.35. The van der Waals surface area contributed by atoms with Gasteiger partial charge in [-0.3, -0.25) is 24.1 Å². The van der Waals surface area contributed by atoms with Crippen molar-refractivity contribution in [2.24, 2.45) is 17.6 Å². The van der Waals surface area contributed by atoms with E-state index in [1.54, 1.807) is 12.2 Å². The number of carbonyl (C=O) groups is 4. The SMILES string of the molecule is CC[C@H](C)N1C(=O)[C@H]2[C@@H](C1=O)[C@@]1([NH2+][C@@H]2CC(N)=O)C(=O)Nc2ccc(F)cc21. The molecular formula is C19H22FN4O4+. The van der Waals surface area contributed by atoms with Crippen LogP contribution in [0.3, 0.4) is 0 Å². The number of benzene rings is 1. The van der Waals surface area contributed by atoms with Gasteiger partial charge in [0.25, 0.3) is 5.91 Å². The highest BCUT2D eigenvalue weighted by Gasteiger charge is 2.74. The van der Waals surface area contributed by atoms with Crippen molar-refractivity contribution in [3.63, 3.8) is 0 Å². The van der Waals surface area contributed by atoms with Gasteiger partial charge < -0.3 is 16.4 Å². The monoisotopic (exact) mass is 389 g/mol. The van der Waals surface area contributed by atoms with Crippen LogP contribution in [-0.2, 0) is 24.7 Å². The molecule has 0 bridgehead atoms. The van der Waals surface area contributed by atoms with Crippen molar-refractivity contribution in [2.75, 3.05) is 5.32 Å². The van der Waals surface area contributed by atoms with Crippen LogP contribution in [-0.4, -0.2) is 40.6 Å². The fraction of sp³-hybridized carbons (Fsp3) is 0.474. The van der Waals surface area contributed by atoms with Gasteiger partial charge in [0.05, 0.1) is 12.1 Å². The number of amides is 4. The number of anilines is 1. The number of nitrogens with two attached hydrogens (primary N) is 2. The van der Waals surface area contributed by atoms with Crippen LogP contribution in [0.15, 0.2) is 18.2 Å². The lowest BCUT2D eigenvalue weighted by atomic mass is 9.76. The number of halogens is 1. The topological polar surface area (TPSA) is 126 Å². The molecule has 28 heavy (non-hydrogen) atoms. The Morgan fingerprint density at radius 3 is 2.71 bits per heavy atom. The summed E-state index contributed by atoms with van der Waals surface area (Å²) in [5.41, 5.74) is 4.61. The van der Waals surface area contributed by atoms with Gasteiger partial charge in [0, 0.05) is 11.6 Å². The molecule has 0 aliphatic carbocycles. The van der Waals surface area contributed by atoms with Crippen molar-refractivity contribution in [1.82, 2.24) is 4.90 Å². The second kappa shape index (κ2) is 6.10. The van der Waals surface area contributed by atoms with E-state index in [1.807, 2.05) is 6.92 Å². The summed E-state index contributed by atoms with van der Waals surface area (Å²) in [5.74, 6) is -4.40. The van der Waals surface area contributed by atoms with Crippen LogP contribution in [0.2, 0.25) is 0 Å². The Balaban J connectivity index is 1.90. The van der Waals surface area contributed by atoms with Crippen LogP contribution in [0.1, 0.15) is 32.3 Å². The van der Waals surface area contributed by atoms with Gasteiger partial charge in [0.1, 0.15) is 23.7 Å². The van der Waals surface area contributed by atoms with Gasteiger partial charge in [0.15, 0.2) is 0 Å².